The standard InChI is InChI=1S/C34H49N5O5S/c1-6-12-30(44-29-16-11-10-13-24(29)2)28(40)21-35-34(43)32(27-22-45-23-36-27)37-33(42)26(19-25-14-8-7-9-15-25)20-31(41)39(5)18-17-38(3)4/h1,7-9,14-15,22-24,26,28-30,32,40H,10-13,16-21H2,2-5H3,(H,35,43)(H,37,42)/t24?,26?,28-,29?,30?,32+/m1/s1. The molecule has 0 bridgehead atoms. The van der Waals surface area contributed by atoms with Crippen molar-refractivity contribution in [1.29, 1.82) is 0 Å². The van der Waals surface area contributed by atoms with Crippen LogP contribution >= 0.6 is 11.3 Å². The van der Waals surface area contributed by atoms with Crippen LogP contribution in [-0.4, -0.2) is 96.7 Å². The molecule has 0 aliphatic heterocycles. The monoisotopic (exact) mass is 639 g/mol. The summed E-state index contributed by atoms with van der Waals surface area (Å²) in [5.74, 6) is 1.13. The maximum Gasteiger partial charge on any atom is 0.248 e. The molecule has 1 aliphatic rings. The highest BCUT2D eigenvalue weighted by Gasteiger charge is 2.32. The maximum atomic E-state index is 13.8. The number of likely N-dealkylation sites (N-methyl/N-ethyl adjacent to an activating group) is 2. The molecule has 6 atom stereocenters. The number of hydrogen-bond donors (Lipinski definition) is 3. The highest BCUT2D eigenvalue weighted by molar-refractivity contribution is 7.07. The Morgan fingerprint density at radius 3 is 2.51 bits per heavy atom. The lowest BCUT2D eigenvalue weighted by atomic mass is 9.87. The average molecular weight is 640 g/mol. The zero-order valence-electron chi connectivity index (χ0n) is 27.0. The third-order valence-electron chi connectivity index (χ3n) is 8.34. The fourth-order valence-electron chi connectivity index (χ4n) is 5.43. The zero-order valence-corrected chi connectivity index (χ0v) is 27.8. The van der Waals surface area contributed by atoms with Gasteiger partial charge in [0.05, 0.1) is 35.4 Å². The van der Waals surface area contributed by atoms with Gasteiger partial charge in [-0.15, -0.1) is 23.7 Å². The Morgan fingerprint density at radius 1 is 1.13 bits per heavy atom. The highest BCUT2D eigenvalue weighted by Crippen LogP contribution is 2.28. The summed E-state index contributed by atoms with van der Waals surface area (Å²) >= 11 is 1.30. The first-order valence-corrected chi connectivity index (χ1v) is 16.7. The molecule has 0 saturated heterocycles. The summed E-state index contributed by atoms with van der Waals surface area (Å²) in [4.78, 5) is 48.4. The zero-order chi connectivity index (χ0) is 32.8. The van der Waals surface area contributed by atoms with Crippen LogP contribution in [0, 0.1) is 24.2 Å². The molecule has 0 radical (unpaired) electrons. The molecule has 3 amide bonds. The molecule has 3 N–H and O–H groups in total. The Balaban J connectivity index is 1.71. The van der Waals surface area contributed by atoms with E-state index < -0.39 is 36.0 Å². The highest BCUT2D eigenvalue weighted by atomic mass is 32.1. The molecule has 11 heteroatoms. The van der Waals surface area contributed by atoms with Crippen LogP contribution in [0.15, 0.2) is 41.2 Å². The van der Waals surface area contributed by atoms with Crippen molar-refractivity contribution >= 4 is 29.1 Å². The van der Waals surface area contributed by atoms with Gasteiger partial charge in [-0.05, 0) is 44.8 Å². The van der Waals surface area contributed by atoms with E-state index in [1.165, 1.54) is 11.3 Å². The number of carbonyl (C=O) groups excluding carboxylic acids is 3. The van der Waals surface area contributed by atoms with Gasteiger partial charge in [0, 0.05) is 44.9 Å². The number of aliphatic hydroxyl groups excluding tert-OH is 1. The Bertz CT molecular complexity index is 1240. The Morgan fingerprint density at radius 2 is 1.87 bits per heavy atom. The lowest BCUT2D eigenvalue weighted by molar-refractivity contribution is -0.137. The van der Waals surface area contributed by atoms with Gasteiger partial charge >= 0.3 is 0 Å². The van der Waals surface area contributed by atoms with Crippen molar-refractivity contribution in [3.8, 4) is 12.3 Å². The molecular formula is C34H49N5O5S. The van der Waals surface area contributed by atoms with Crippen LogP contribution in [0.1, 0.15) is 62.7 Å². The van der Waals surface area contributed by atoms with E-state index in [1.54, 1.807) is 22.8 Å². The van der Waals surface area contributed by atoms with Crippen molar-refractivity contribution in [2.24, 2.45) is 11.8 Å². The van der Waals surface area contributed by atoms with Gasteiger partial charge in [0.15, 0.2) is 6.04 Å². The maximum absolute atomic E-state index is 13.8. The number of nitrogens with one attached hydrogen (secondary N) is 2. The number of amides is 3. The number of hydrogen-bond acceptors (Lipinski definition) is 8. The molecule has 0 spiro atoms. The Labute approximate surface area is 271 Å². The molecule has 45 heavy (non-hydrogen) atoms. The fourth-order valence-corrected chi connectivity index (χ4v) is 6.01. The number of carbonyl (C=O) groups is 3. The molecule has 246 valence electrons. The molecule has 1 aromatic carbocycles. The van der Waals surface area contributed by atoms with Gasteiger partial charge in [0.1, 0.15) is 0 Å². The molecule has 1 aromatic heterocycles. The molecule has 2 aromatic rings. The average Bonchev–Trinajstić information content (AvgIpc) is 3.56. The van der Waals surface area contributed by atoms with Gasteiger partial charge in [0.25, 0.3) is 0 Å². The minimum Gasteiger partial charge on any atom is -0.389 e. The first kappa shape index (κ1) is 36.2. The molecule has 10 nitrogen and oxygen atoms in total. The SMILES string of the molecule is C#CCC(OC1CCCCC1C)[C@H](O)CNC(=O)[C@@H](NC(=O)C(CC(=O)N(C)CCN(C)C)Cc1ccccc1)c1cscn1. The van der Waals surface area contributed by atoms with Crippen molar-refractivity contribution < 1.29 is 24.2 Å². The topological polar surface area (TPSA) is 124 Å². The number of aliphatic hydroxyl groups is 1. The summed E-state index contributed by atoms with van der Waals surface area (Å²) in [6.45, 7) is 3.27. The lowest BCUT2D eigenvalue weighted by Crippen LogP contribution is -2.48. The van der Waals surface area contributed by atoms with E-state index in [0.29, 0.717) is 31.1 Å². The van der Waals surface area contributed by atoms with E-state index in [0.717, 1.165) is 31.2 Å². The van der Waals surface area contributed by atoms with Gasteiger partial charge in [-0.2, -0.15) is 0 Å². The molecule has 4 unspecified atom stereocenters. The predicted molar refractivity (Wildman–Crippen MR) is 176 cm³/mol. The number of thiazole rings is 1. The van der Waals surface area contributed by atoms with Crippen molar-refractivity contribution in [2.75, 3.05) is 40.8 Å². The van der Waals surface area contributed by atoms with Gasteiger partial charge in [-0.3, -0.25) is 14.4 Å². The summed E-state index contributed by atoms with van der Waals surface area (Å²) in [5, 5.41) is 18.3. The van der Waals surface area contributed by atoms with Crippen molar-refractivity contribution in [2.45, 2.75) is 76.2 Å². The normalized spacial score (nSPS) is 19.1. The Hall–Kier alpha value is -3.30. The largest absolute Gasteiger partial charge is 0.389 e. The van der Waals surface area contributed by atoms with Gasteiger partial charge in [-0.1, -0.05) is 50.1 Å². The first-order valence-electron chi connectivity index (χ1n) is 15.7. The molecule has 1 saturated carbocycles. The van der Waals surface area contributed by atoms with Crippen LogP contribution in [0.2, 0.25) is 0 Å². The van der Waals surface area contributed by atoms with Gasteiger partial charge < -0.3 is 30.3 Å². The quantitative estimate of drug-likeness (QED) is 0.228. The number of benzene rings is 1. The third kappa shape index (κ3) is 11.9. The minimum atomic E-state index is -1.11. The lowest BCUT2D eigenvalue weighted by Gasteiger charge is -2.33. The number of terminal acetylenes is 1. The first-order chi connectivity index (χ1) is 21.6. The second kappa shape index (κ2) is 18.6. The number of ether oxygens (including phenoxy) is 1. The van der Waals surface area contributed by atoms with Crippen LogP contribution in [-0.2, 0) is 25.5 Å². The van der Waals surface area contributed by atoms with E-state index in [1.807, 2.05) is 49.3 Å². The van der Waals surface area contributed by atoms with Crippen molar-refractivity contribution in [3.63, 3.8) is 0 Å². The van der Waals surface area contributed by atoms with E-state index in [-0.39, 0.29) is 31.4 Å². The summed E-state index contributed by atoms with van der Waals surface area (Å²) in [5.41, 5.74) is 2.87. The molecule has 3 rings (SSSR count). The summed E-state index contributed by atoms with van der Waals surface area (Å²) in [7, 11) is 5.60. The van der Waals surface area contributed by atoms with Crippen molar-refractivity contribution in [3.05, 3.63) is 52.5 Å². The Kier molecular flexibility index (Phi) is 15.0. The van der Waals surface area contributed by atoms with Crippen molar-refractivity contribution in [1.82, 2.24) is 25.4 Å². The summed E-state index contributed by atoms with van der Waals surface area (Å²) < 4.78 is 6.25. The van der Waals surface area contributed by atoms with Gasteiger partial charge in [0.2, 0.25) is 17.7 Å². The molecule has 1 aliphatic carbocycles. The number of aromatic nitrogens is 1. The van der Waals surface area contributed by atoms with Crippen LogP contribution < -0.4 is 10.6 Å². The molecule has 1 heterocycles. The van der Waals surface area contributed by atoms with Crippen LogP contribution in [0.5, 0.6) is 0 Å². The number of rotatable bonds is 17. The smallest absolute Gasteiger partial charge is 0.248 e. The number of nitrogens with zero attached hydrogens (tertiary/aromatic N) is 3. The van der Waals surface area contributed by atoms with E-state index in [9.17, 15) is 19.5 Å². The van der Waals surface area contributed by atoms with Gasteiger partial charge in [-0.25, -0.2) is 4.98 Å². The van der Waals surface area contributed by atoms with E-state index in [2.05, 4.69) is 28.5 Å². The fraction of sp³-hybridized carbons (Fsp3) is 0.588. The third-order valence-corrected chi connectivity index (χ3v) is 8.94. The van der Waals surface area contributed by atoms with Crippen LogP contribution in [0.3, 0.4) is 0 Å². The second-order valence-corrected chi connectivity index (χ2v) is 13.0. The van der Waals surface area contributed by atoms with Crippen LogP contribution in [0.25, 0.3) is 0 Å². The van der Waals surface area contributed by atoms with E-state index >= 15 is 0 Å². The molecular weight excluding hydrogens is 590 g/mol. The minimum absolute atomic E-state index is 0.00989. The summed E-state index contributed by atoms with van der Waals surface area (Å²) in [6.07, 6.45) is 8.68. The molecule has 1 fully saturated rings. The van der Waals surface area contributed by atoms with Crippen LogP contribution in [0.4, 0.5) is 0 Å². The van der Waals surface area contributed by atoms with E-state index in [4.69, 9.17) is 11.2 Å². The summed E-state index contributed by atoms with van der Waals surface area (Å²) in [6, 6.07) is 8.38. The predicted octanol–water partition coefficient (Wildman–Crippen LogP) is 3.03. The second-order valence-electron chi connectivity index (χ2n) is 12.3.